The zero-order valence-electron chi connectivity index (χ0n) is 33.7. The van der Waals surface area contributed by atoms with Crippen LogP contribution in [0.3, 0.4) is 0 Å². The minimum Gasteiger partial charge on any atom is -0.508 e. The summed E-state index contributed by atoms with van der Waals surface area (Å²) in [7, 11) is -10.5. The number of nitrogens with one attached hydrogen (secondary N) is 3. The number of aromatic nitrogens is 2. The Labute approximate surface area is 371 Å². The van der Waals surface area contributed by atoms with Crippen LogP contribution in [0.2, 0.25) is 0 Å². The second-order valence-electron chi connectivity index (χ2n) is 13.8. The van der Waals surface area contributed by atoms with E-state index in [1.54, 1.807) is 24.3 Å². The van der Waals surface area contributed by atoms with Crippen molar-refractivity contribution in [1.29, 1.82) is 0 Å². The number of aromatic amines is 1. The molecule has 0 radical (unpaired) electrons. The number of phosphoric ester groups is 2. The molecule has 0 amide bonds. The lowest BCUT2D eigenvalue weighted by Crippen LogP contribution is -2.37. The van der Waals surface area contributed by atoms with Gasteiger partial charge in [-0.1, -0.05) is 6.07 Å². The number of aliphatic hydroxyl groups excluding tert-OH is 2. The van der Waals surface area contributed by atoms with Crippen molar-refractivity contribution in [3.63, 3.8) is 0 Å². The highest BCUT2D eigenvalue weighted by molar-refractivity contribution is 7.80. The smallest absolute Gasteiger partial charge is 0.481 e. The predicted octanol–water partition coefficient (Wildman–Crippen LogP) is 1.72. The van der Waals surface area contributed by atoms with Crippen molar-refractivity contribution in [3.05, 3.63) is 103 Å². The summed E-state index contributed by atoms with van der Waals surface area (Å²) in [6.45, 7) is -0.660. The number of phosphoric acid groups is 2. The lowest BCUT2D eigenvalue weighted by molar-refractivity contribution is -0.0543. The van der Waals surface area contributed by atoms with Gasteiger partial charge >= 0.3 is 27.3 Å². The van der Waals surface area contributed by atoms with Crippen molar-refractivity contribution in [3.8, 4) is 28.2 Å². The quantitative estimate of drug-likeness (QED) is 0.0206. The SMILES string of the molecule is O=C(O)c1cc(NC(=S)NCCOCCOCCOCCOP(=O)(O)OP(=O)(O)OC[C@H]2O[C@@H](n3ccc(=O)[nH]c3=O)[C@H](O)[C@@H]2O)ccc1-c1c2ccc(=O)cc-2oc2cc(O)ccc12. The second-order valence-corrected chi connectivity index (χ2v) is 17.3. The standard InChI is InChI=1S/C38H42N4O20P2S/c43-22-2-5-25-28(18-22)60-29-19-23(44)3-6-26(29)32(25)24-4-1-21(17-27(24)36(48)49)40-37(65)39-8-10-55-11-12-56-13-14-57-15-16-58-63(51,52)62-64(53,54)59-20-30-33(46)34(47)35(61-30)42-9-7-31(45)41-38(42)50/h1-7,9,17-19,30,33-35,43,46-47H,8,10-16,20H2,(H,48,49)(H,51,52)(H,53,54)(H2,39,40,65)(H,41,45,50)/t30-,33-,34-,35-/m1/s1. The molecule has 1 saturated heterocycles. The molecule has 3 aliphatic rings. The van der Waals surface area contributed by atoms with E-state index in [2.05, 4.69) is 24.0 Å². The average molecular weight is 969 g/mol. The van der Waals surface area contributed by atoms with Crippen molar-refractivity contribution in [2.24, 2.45) is 0 Å². The minimum atomic E-state index is -5.30. The highest BCUT2D eigenvalue weighted by Gasteiger charge is 2.46. The number of hydrogen-bond acceptors (Lipinski definition) is 18. The molecule has 1 aliphatic carbocycles. The van der Waals surface area contributed by atoms with Gasteiger partial charge in [0.25, 0.3) is 5.56 Å². The van der Waals surface area contributed by atoms with E-state index in [1.807, 2.05) is 4.98 Å². The fourth-order valence-electron chi connectivity index (χ4n) is 6.40. The minimum absolute atomic E-state index is 0.0382. The monoisotopic (exact) mass is 968 g/mol. The molecule has 0 spiro atoms. The molecule has 65 heavy (non-hydrogen) atoms. The summed E-state index contributed by atoms with van der Waals surface area (Å²) in [5.41, 5.74) is -0.0508. The van der Waals surface area contributed by atoms with Gasteiger partial charge < -0.3 is 64.2 Å². The number of phenols is 1. The molecule has 6 atom stereocenters. The number of carboxylic acid groups (broad SMARTS) is 1. The third-order valence-corrected chi connectivity index (χ3v) is 12.2. The Morgan fingerprint density at radius 3 is 2.22 bits per heavy atom. The van der Waals surface area contributed by atoms with Gasteiger partial charge in [0, 0.05) is 53.1 Å². The molecule has 9 N–H and O–H groups in total. The first kappa shape index (κ1) is 49.2. The fourth-order valence-corrected chi connectivity index (χ4v) is 8.68. The van der Waals surface area contributed by atoms with Crippen molar-refractivity contribution < 1.29 is 80.9 Å². The molecule has 1 fully saturated rings. The van der Waals surface area contributed by atoms with E-state index in [4.69, 9.17) is 35.6 Å². The maximum absolute atomic E-state index is 12.5. The van der Waals surface area contributed by atoms with Gasteiger partial charge in [-0.25, -0.2) is 18.7 Å². The summed E-state index contributed by atoms with van der Waals surface area (Å²) in [4.78, 5) is 69.6. The summed E-state index contributed by atoms with van der Waals surface area (Å²) in [6.07, 6.45) is -5.47. The number of benzene rings is 3. The number of nitrogens with zero attached hydrogens (tertiary/aromatic N) is 1. The van der Waals surface area contributed by atoms with Crippen molar-refractivity contribution in [2.45, 2.75) is 24.5 Å². The van der Waals surface area contributed by atoms with E-state index in [-0.39, 0.29) is 72.8 Å². The zero-order valence-corrected chi connectivity index (χ0v) is 36.3. The number of aromatic hydroxyl groups is 1. The number of carboxylic acids is 1. The molecule has 2 aromatic carbocycles. The average Bonchev–Trinajstić information content (AvgIpc) is 3.52. The lowest BCUT2D eigenvalue weighted by Gasteiger charge is -2.19. The van der Waals surface area contributed by atoms with Gasteiger partial charge in [-0.2, -0.15) is 4.31 Å². The van der Waals surface area contributed by atoms with E-state index in [9.17, 15) is 58.5 Å². The van der Waals surface area contributed by atoms with Crippen molar-refractivity contribution >= 4 is 55.6 Å². The molecular weight excluding hydrogens is 926 g/mol. The highest BCUT2D eigenvalue weighted by Crippen LogP contribution is 2.60. The number of H-pyrrole nitrogens is 1. The van der Waals surface area contributed by atoms with Crippen LogP contribution in [-0.2, 0) is 41.4 Å². The van der Waals surface area contributed by atoms with Crippen LogP contribution in [0, 0.1) is 0 Å². The topological polar surface area (TPSA) is 346 Å². The largest absolute Gasteiger partial charge is 0.508 e. The van der Waals surface area contributed by atoms with Gasteiger partial charge in [0.1, 0.15) is 35.4 Å². The van der Waals surface area contributed by atoms with Crippen LogP contribution in [0.5, 0.6) is 5.75 Å². The van der Waals surface area contributed by atoms with E-state index in [0.717, 1.165) is 16.8 Å². The Bertz CT molecular complexity index is 2750. The van der Waals surface area contributed by atoms with E-state index in [1.165, 1.54) is 30.3 Å². The Balaban J connectivity index is 0.833. The highest BCUT2D eigenvalue weighted by atomic mass is 32.1. The molecule has 24 nitrogen and oxygen atoms in total. The summed E-state index contributed by atoms with van der Waals surface area (Å²) in [5, 5.41) is 47.4. The summed E-state index contributed by atoms with van der Waals surface area (Å²) in [5.74, 6) is -1.06. The lowest BCUT2D eigenvalue weighted by atomic mass is 9.90. The molecule has 350 valence electrons. The van der Waals surface area contributed by atoms with Crippen LogP contribution in [0.15, 0.2) is 85.7 Å². The summed E-state index contributed by atoms with van der Waals surface area (Å²) >= 11 is 5.36. The molecule has 3 heterocycles. The number of carbonyl (C=O) groups is 1. The fraction of sp³-hybridized carbons (Fsp3) is 0.342. The maximum atomic E-state index is 12.5. The number of aliphatic hydroxyl groups is 2. The first-order valence-electron chi connectivity index (χ1n) is 19.3. The summed E-state index contributed by atoms with van der Waals surface area (Å²) in [6, 6.07) is 14.3. The second kappa shape index (κ2) is 21.9. The van der Waals surface area contributed by atoms with Crippen LogP contribution in [0.25, 0.3) is 33.4 Å². The predicted molar refractivity (Wildman–Crippen MR) is 230 cm³/mol. The van der Waals surface area contributed by atoms with E-state index < -0.39 is 70.6 Å². The molecule has 3 aromatic rings. The van der Waals surface area contributed by atoms with Crippen molar-refractivity contribution in [1.82, 2.24) is 14.9 Å². The Morgan fingerprint density at radius 1 is 0.831 bits per heavy atom. The number of aromatic carboxylic acids is 1. The normalized spacial score (nSPS) is 19.2. The van der Waals surface area contributed by atoms with Gasteiger partial charge in [0.05, 0.1) is 58.4 Å². The number of ether oxygens (including phenoxy) is 4. The Kier molecular flexibility index (Phi) is 16.5. The van der Waals surface area contributed by atoms with Gasteiger partial charge in [0.2, 0.25) is 0 Å². The molecule has 0 bridgehead atoms. The maximum Gasteiger partial charge on any atom is 0.481 e. The number of phenolic OH excluding ortho intramolecular Hbond substituents is 1. The van der Waals surface area contributed by atoms with Gasteiger partial charge in [0.15, 0.2) is 16.8 Å². The molecule has 6 rings (SSSR count). The van der Waals surface area contributed by atoms with Gasteiger partial charge in [-0.15, -0.1) is 0 Å². The molecule has 1 aromatic heterocycles. The number of fused-ring (bicyclic) bond motifs is 2. The number of thiocarbonyl (C=S) groups is 1. The van der Waals surface area contributed by atoms with Crippen LogP contribution in [0.1, 0.15) is 16.6 Å². The molecule has 0 saturated carbocycles. The zero-order chi connectivity index (χ0) is 46.9. The van der Waals surface area contributed by atoms with E-state index >= 15 is 0 Å². The van der Waals surface area contributed by atoms with E-state index in [0.29, 0.717) is 34.3 Å². The number of hydrogen-bond donors (Lipinski definition) is 9. The molecule has 2 unspecified atom stereocenters. The Hall–Kier alpha value is -5.21. The van der Waals surface area contributed by atoms with Gasteiger partial charge in [-0.3, -0.25) is 28.2 Å². The molecule has 27 heteroatoms. The first-order chi connectivity index (χ1) is 30.9. The first-order valence-corrected chi connectivity index (χ1v) is 22.7. The number of rotatable bonds is 22. The number of anilines is 1. The Morgan fingerprint density at radius 2 is 1.51 bits per heavy atom. The third kappa shape index (κ3) is 13.2. The third-order valence-electron chi connectivity index (χ3n) is 9.28. The van der Waals surface area contributed by atoms with Crippen LogP contribution in [-0.4, -0.2) is 129 Å². The van der Waals surface area contributed by atoms with Crippen LogP contribution >= 0.6 is 27.9 Å². The van der Waals surface area contributed by atoms with Crippen LogP contribution in [0.4, 0.5) is 5.69 Å². The molecule has 2 aliphatic heterocycles. The summed E-state index contributed by atoms with van der Waals surface area (Å²) < 4.78 is 66.0. The van der Waals surface area contributed by atoms with Crippen molar-refractivity contribution in [2.75, 3.05) is 64.7 Å². The van der Waals surface area contributed by atoms with Gasteiger partial charge in [-0.05, 0) is 54.2 Å². The van der Waals surface area contributed by atoms with Crippen LogP contribution < -0.4 is 27.3 Å². The molecular formula is C38H42N4O20P2S.